The molecule has 0 spiro atoms. The van der Waals surface area contributed by atoms with Crippen LogP contribution in [-0.4, -0.2) is 20.0 Å². The number of hydrogen-bond donors (Lipinski definition) is 1. The van der Waals surface area contributed by atoms with Crippen molar-refractivity contribution < 1.29 is 4.39 Å². The molecule has 0 aliphatic heterocycles. The lowest BCUT2D eigenvalue weighted by atomic mass is 10.2. The molecule has 2 N–H and O–H groups in total. The second-order valence-corrected chi connectivity index (χ2v) is 3.60. The van der Waals surface area contributed by atoms with E-state index in [0.717, 1.165) is 6.20 Å². The number of hydrogen-bond acceptors (Lipinski definition) is 4. The van der Waals surface area contributed by atoms with Gasteiger partial charge in [0.25, 0.3) is 0 Å². The lowest BCUT2D eigenvalue weighted by molar-refractivity contribution is 0.627. The summed E-state index contributed by atoms with van der Waals surface area (Å²) in [6, 6.07) is 3.24. The average Bonchev–Trinajstić information content (AvgIpc) is 2.59. The molecule has 2 aromatic rings. The Morgan fingerprint density at radius 2 is 2.12 bits per heavy atom. The summed E-state index contributed by atoms with van der Waals surface area (Å²) in [5, 5.41) is 11.7. The Morgan fingerprint density at radius 1 is 1.38 bits per heavy atom. The van der Waals surface area contributed by atoms with Crippen LogP contribution in [0.1, 0.15) is 18.7 Å². The van der Waals surface area contributed by atoms with Crippen LogP contribution in [0, 0.1) is 5.82 Å². The number of nitrogens with zero attached hydrogens (tertiary/aromatic N) is 4. The molecule has 16 heavy (non-hydrogen) atoms. The molecule has 2 rings (SSSR count). The molecular formula is C10H12FN5. The SMILES string of the molecule is C[C@H](N)c1ccc(-c2c(F)cnn2C)nn1. The highest BCUT2D eigenvalue weighted by Gasteiger charge is 2.12. The summed E-state index contributed by atoms with van der Waals surface area (Å²) in [6.07, 6.45) is 1.15. The maximum absolute atomic E-state index is 13.4. The maximum atomic E-state index is 13.4. The van der Waals surface area contributed by atoms with E-state index in [9.17, 15) is 4.39 Å². The molecule has 0 amide bonds. The Morgan fingerprint density at radius 3 is 2.56 bits per heavy atom. The van der Waals surface area contributed by atoms with Gasteiger partial charge in [-0.25, -0.2) is 4.39 Å². The molecule has 0 fully saturated rings. The van der Waals surface area contributed by atoms with Gasteiger partial charge < -0.3 is 5.73 Å². The minimum atomic E-state index is -0.412. The van der Waals surface area contributed by atoms with Crippen LogP contribution >= 0.6 is 0 Å². The van der Waals surface area contributed by atoms with E-state index in [4.69, 9.17) is 5.73 Å². The number of rotatable bonds is 2. The molecule has 6 heteroatoms. The van der Waals surface area contributed by atoms with Crippen molar-refractivity contribution in [3.63, 3.8) is 0 Å². The predicted octanol–water partition coefficient (Wildman–Crippen LogP) is 1.04. The summed E-state index contributed by atoms with van der Waals surface area (Å²) < 4.78 is 14.8. The number of halogens is 1. The molecule has 0 aromatic carbocycles. The highest BCUT2D eigenvalue weighted by Crippen LogP contribution is 2.19. The van der Waals surface area contributed by atoms with Crippen molar-refractivity contribution in [2.75, 3.05) is 0 Å². The molecule has 0 bridgehead atoms. The smallest absolute Gasteiger partial charge is 0.170 e. The lowest BCUT2D eigenvalue weighted by Crippen LogP contribution is -2.08. The summed E-state index contributed by atoms with van der Waals surface area (Å²) in [6.45, 7) is 1.81. The van der Waals surface area contributed by atoms with Gasteiger partial charge in [-0.3, -0.25) is 4.68 Å². The Balaban J connectivity index is 2.42. The zero-order chi connectivity index (χ0) is 11.7. The van der Waals surface area contributed by atoms with E-state index in [2.05, 4.69) is 15.3 Å². The van der Waals surface area contributed by atoms with Gasteiger partial charge in [0.2, 0.25) is 0 Å². The summed E-state index contributed by atoms with van der Waals surface area (Å²) in [7, 11) is 1.65. The second kappa shape index (κ2) is 3.97. The topological polar surface area (TPSA) is 69.6 Å². The normalized spacial score (nSPS) is 12.8. The van der Waals surface area contributed by atoms with Crippen LogP contribution in [0.3, 0.4) is 0 Å². The minimum absolute atomic E-state index is 0.182. The molecule has 84 valence electrons. The first-order chi connectivity index (χ1) is 7.59. The number of aryl methyl sites for hydroxylation is 1. The lowest BCUT2D eigenvalue weighted by Gasteiger charge is -2.04. The van der Waals surface area contributed by atoms with E-state index >= 15 is 0 Å². The average molecular weight is 221 g/mol. The van der Waals surface area contributed by atoms with Crippen LogP contribution in [0.15, 0.2) is 18.3 Å². The van der Waals surface area contributed by atoms with Crippen LogP contribution < -0.4 is 5.73 Å². The zero-order valence-corrected chi connectivity index (χ0v) is 9.05. The molecule has 2 aromatic heterocycles. The highest BCUT2D eigenvalue weighted by atomic mass is 19.1. The highest BCUT2D eigenvalue weighted by molar-refractivity contribution is 5.54. The quantitative estimate of drug-likeness (QED) is 0.822. The molecule has 2 heterocycles. The van der Waals surface area contributed by atoms with E-state index in [1.807, 2.05) is 6.92 Å². The Kier molecular flexibility index (Phi) is 2.66. The molecule has 5 nitrogen and oxygen atoms in total. The number of nitrogens with two attached hydrogens (primary N) is 1. The fraction of sp³-hybridized carbons (Fsp3) is 0.300. The second-order valence-electron chi connectivity index (χ2n) is 3.60. The van der Waals surface area contributed by atoms with Gasteiger partial charge >= 0.3 is 0 Å². The third kappa shape index (κ3) is 1.79. The monoisotopic (exact) mass is 221 g/mol. The van der Waals surface area contributed by atoms with Gasteiger partial charge in [0.05, 0.1) is 11.9 Å². The Labute approximate surface area is 92.1 Å². The van der Waals surface area contributed by atoms with Crippen LogP contribution in [-0.2, 0) is 7.05 Å². The van der Waals surface area contributed by atoms with Gasteiger partial charge in [-0.05, 0) is 19.1 Å². The van der Waals surface area contributed by atoms with Crippen molar-refractivity contribution >= 4 is 0 Å². The molecule has 0 saturated carbocycles. The summed E-state index contributed by atoms with van der Waals surface area (Å²) in [5.74, 6) is -0.412. The third-order valence-electron chi connectivity index (χ3n) is 2.29. The van der Waals surface area contributed by atoms with Crippen molar-refractivity contribution in [1.29, 1.82) is 0 Å². The standard InChI is InChI=1S/C10H12FN5/c1-6(12)8-3-4-9(15-14-8)10-7(11)5-13-16(10)2/h3-6H,12H2,1-2H3/t6-/m0/s1. The first-order valence-electron chi connectivity index (χ1n) is 4.86. The maximum Gasteiger partial charge on any atom is 0.170 e. The van der Waals surface area contributed by atoms with Crippen molar-refractivity contribution in [3.8, 4) is 11.4 Å². The first kappa shape index (κ1) is 10.7. The Bertz CT molecular complexity index is 469. The molecule has 1 atom stereocenters. The van der Waals surface area contributed by atoms with Crippen LogP contribution in [0.4, 0.5) is 4.39 Å². The fourth-order valence-corrected chi connectivity index (χ4v) is 1.41. The van der Waals surface area contributed by atoms with Crippen LogP contribution in [0.5, 0.6) is 0 Å². The fourth-order valence-electron chi connectivity index (χ4n) is 1.41. The molecule has 0 unspecified atom stereocenters. The van der Waals surface area contributed by atoms with Crippen molar-refractivity contribution in [3.05, 3.63) is 29.8 Å². The van der Waals surface area contributed by atoms with Crippen molar-refractivity contribution in [2.24, 2.45) is 12.8 Å². The van der Waals surface area contributed by atoms with E-state index < -0.39 is 5.82 Å². The molecule has 0 saturated heterocycles. The van der Waals surface area contributed by atoms with E-state index in [1.54, 1.807) is 19.2 Å². The molecule has 0 aliphatic rings. The van der Waals surface area contributed by atoms with Gasteiger partial charge in [0.15, 0.2) is 5.82 Å². The summed E-state index contributed by atoms with van der Waals surface area (Å²) in [4.78, 5) is 0. The molecule has 0 radical (unpaired) electrons. The van der Waals surface area contributed by atoms with E-state index in [-0.39, 0.29) is 6.04 Å². The van der Waals surface area contributed by atoms with Crippen LogP contribution in [0.25, 0.3) is 11.4 Å². The van der Waals surface area contributed by atoms with Gasteiger partial charge in [-0.1, -0.05) is 0 Å². The predicted molar refractivity (Wildman–Crippen MR) is 56.8 cm³/mol. The van der Waals surface area contributed by atoms with Crippen LogP contribution in [0.2, 0.25) is 0 Å². The summed E-state index contributed by atoms with van der Waals surface area (Å²) >= 11 is 0. The van der Waals surface area contributed by atoms with Gasteiger partial charge in [0, 0.05) is 13.1 Å². The number of aromatic nitrogens is 4. The van der Waals surface area contributed by atoms with E-state index in [1.165, 1.54) is 4.68 Å². The summed E-state index contributed by atoms with van der Waals surface area (Å²) in [5.41, 5.74) is 7.09. The van der Waals surface area contributed by atoms with Crippen molar-refractivity contribution in [1.82, 2.24) is 20.0 Å². The van der Waals surface area contributed by atoms with Gasteiger partial charge in [-0.15, -0.1) is 5.10 Å². The Hall–Kier alpha value is -1.82. The first-order valence-corrected chi connectivity index (χ1v) is 4.86. The van der Waals surface area contributed by atoms with Gasteiger partial charge in [0.1, 0.15) is 11.4 Å². The van der Waals surface area contributed by atoms with Gasteiger partial charge in [-0.2, -0.15) is 10.2 Å². The minimum Gasteiger partial charge on any atom is -0.323 e. The van der Waals surface area contributed by atoms with Crippen molar-refractivity contribution in [2.45, 2.75) is 13.0 Å². The molecule has 0 aliphatic carbocycles. The van der Waals surface area contributed by atoms with E-state index in [0.29, 0.717) is 17.1 Å². The zero-order valence-electron chi connectivity index (χ0n) is 9.05. The third-order valence-corrected chi connectivity index (χ3v) is 2.29. The molecular weight excluding hydrogens is 209 g/mol. The largest absolute Gasteiger partial charge is 0.323 e.